The van der Waals surface area contributed by atoms with Gasteiger partial charge in [0.15, 0.2) is 0 Å². The van der Waals surface area contributed by atoms with E-state index in [2.05, 4.69) is 0 Å². The Kier molecular flexibility index (Phi) is 8.01. The molecule has 162 valence electrons. The number of nitrogens with zero attached hydrogens (tertiary/aromatic N) is 3. The maximum atomic E-state index is 13.0. The summed E-state index contributed by atoms with van der Waals surface area (Å²) in [6.45, 7) is 3.94. The van der Waals surface area contributed by atoms with Gasteiger partial charge in [-0.05, 0) is 36.6 Å². The molecular formula is C20H27F4N3O2. The molecule has 0 aromatic heterocycles. The zero-order valence-electron chi connectivity index (χ0n) is 16.7. The third kappa shape index (κ3) is 7.64. The Bertz CT molecular complexity index is 692. The summed E-state index contributed by atoms with van der Waals surface area (Å²) in [6.07, 6.45) is -3.84. The topological polar surface area (TPSA) is 43.9 Å². The lowest BCUT2D eigenvalue weighted by Crippen LogP contribution is -2.46. The predicted molar refractivity (Wildman–Crippen MR) is 101 cm³/mol. The number of carbonyl (C=O) groups excluding carboxylic acids is 2. The number of halogens is 4. The van der Waals surface area contributed by atoms with Crippen LogP contribution in [0.2, 0.25) is 0 Å². The largest absolute Gasteiger partial charge is 0.406 e. The van der Waals surface area contributed by atoms with Gasteiger partial charge in [0.1, 0.15) is 12.4 Å². The Labute approximate surface area is 168 Å². The normalized spacial score (nSPS) is 16.0. The van der Waals surface area contributed by atoms with Crippen LogP contribution in [0.4, 0.5) is 17.6 Å². The summed E-state index contributed by atoms with van der Waals surface area (Å²) >= 11 is 0. The van der Waals surface area contributed by atoms with E-state index in [0.717, 1.165) is 4.90 Å². The molecule has 0 saturated carbocycles. The lowest BCUT2D eigenvalue weighted by atomic mass is 10.2. The van der Waals surface area contributed by atoms with Crippen molar-refractivity contribution in [2.24, 2.45) is 5.92 Å². The Morgan fingerprint density at radius 1 is 1.07 bits per heavy atom. The number of carbonyl (C=O) groups is 2. The van der Waals surface area contributed by atoms with E-state index in [1.54, 1.807) is 23.6 Å². The molecule has 1 aliphatic heterocycles. The van der Waals surface area contributed by atoms with Gasteiger partial charge in [-0.2, -0.15) is 13.2 Å². The molecule has 29 heavy (non-hydrogen) atoms. The van der Waals surface area contributed by atoms with Crippen molar-refractivity contribution in [1.82, 2.24) is 14.7 Å². The molecule has 2 rings (SSSR count). The highest BCUT2D eigenvalue weighted by Gasteiger charge is 2.34. The van der Waals surface area contributed by atoms with E-state index in [1.807, 2.05) is 0 Å². The van der Waals surface area contributed by atoms with Crippen molar-refractivity contribution < 1.29 is 27.2 Å². The highest BCUT2D eigenvalue weighted by molar-refractivity contribution is 5.94. The molecule has 9 heteroatoms. The fraction of sp³-hybridized carbons (Fsp3) is 0.600. The van der Waals surface area contributed by atoms with Gasteiger partial charge >= 0.3 is 6.18 Å². The van der Waals surface area contributed by atoms with Crippen LogP contribution in [0.1, 0.15) is 30.6 Å². The number of rotatable bonds is 6. The van der Waals surface area contributed by atoms with Crippen molar-refractivity contribution in [3.05, 3.63) is 35.6 Å². The van der Waals surface area contributed by atoms with Crippen LogP contribution in [0.25, 0.3) is 0 Å². The second-order valence-electron chi connectivity index (χ2n) is 7.71. The van der Waals surface area contributed by atoms with Crippen molar-refractivity contribution in [3.63, 3.8) is 0 Å². The van der Waals surface area contributed by atoms with Crippen LogP contribution in [0.15, 0.2) is 24.3 Å². The van der Waals surface area contributed by atoms with Crippen molar-refractivity contribution in [3.8, 4) is 0 Å². The van der Waals surface area contributed by atoms with E-state index in [9.17, 15) is 27.2 Å². The minimum atomic E-state index is -4.44. The number of hydrogen-bond acceptors (Lipinski definition) is 3. The number of amides is 2. The van der Waals surface area contributed by atoms with Gasteiger partial charge in [0.25, 0.3) is 5.91 Å². The monoisotopic (exact) mass is 417 g/mol. The summed E-state index contributed by atoms with van der Waals surface area (Å²) in [5.41, 5.74) is 0.379. The Morgan fingerprint density at radius 3 is 2.31 bits per heavy atom. The molecule has 1 saturated heterocycles. The highest BCUT2D eigenvalue weighted by Crippen LogP contribution is 2.18. The third-order valence-electron chi connectivity index (χ3n) is 4.63. The minimum absolute atomic E-state index is 0.0430. The molecule has 1 aromatic carbocycles. The van der Waals surface area contributed by atoms with Crippen molar-refractivity contribution >= 4 is 11.8 Å². The van der Waals surface area contributed by atoms with Crippen LogP contribution in [0.5, 0.6) is 0 Å². The summed E-state index contributed by atoms with van der Waals surface area (Å²) in [5.74, 6) is -1.29. The predicted octanol–water partition coefficient (Wildman–Crippen LogP) is 3.02. The fourth-order valence-corrected chi connectivity index (χ4v) is 3.31. The van der Waals surface area contributed by atoms with Gasteiger partial charge in [0, 0.05) is 38.3 Å². The molecule has 0 bridgehead atoms. The molecule has 5 nitrogen and oxygen atoms in total. The average molecular weight is 417 g/mol. The molecule has 1 aliphatic rings. The van der Waals surface area contributed by atoms with Crippen LogP contribution >= 0.6 is 0 Å². The molecule has 2 amide bonds. The summed E-state index contributed by atoms with van der Waals surface area (Å²) in [4.78, 5) is 29.3. The summed E-state index contributed by atoms with van der Waals surface area (Å²) in [7, 11) is 0. The molecule has 1 heterocycles. The van der Waals surface area contributed by atoms with Crippen LogP contribution < -0.4 is 0 Å². The van der Waals surface area contributed by atoms with Gasteiger partial charge in [-0.25, -0.2) is 4.39 Å². The van der Waals surface area contributed by atoms with Crippen LogP contribution in [0, 0.1) is 11.7 Å². The van der Waals surface area contributed by atoms with Crippen molar-refractivity contribution in [2.75, 3.05) is 45.8 Å². The molecule has 1 aromatic rings. The highest BCUT2D eigenvalue weighted by atomic mass is 19.4. The Morgan fingerprint density at radius 2 is 1.72 bits per heavy atom. The van der Waals surface area contributed by atoms with Crippen LogP contribution in [-0.2, 0) is 4.79 Å². The van der Waals surface area contributed by atoms with E-state index >= 15 is 0 Å². The summed E-state index contributed by atoms with van der Waals surface area (Å²) in [5, 5.41) is 0. The standard InChI is InChI=1S/C20H27F4N3O2/c1-15(2)12-27(14-20(22,23)24)18(28)13-25-8-3-9-26(11-10-25)19(29)16-4-6-17(21)7-5-16/h4-7,15H,3,8-14H2,1-2H3. The lowest BCUT2D eigenvalue weighted by Gasteiger charge is -2.28. The molecule has 1 fully saturated rings. The fourth-order valence-electron chi connectivity index (χ4n) is 3.31. The summed E-state index contributed by atoms with van der Waals surface area (Å²) < 4.78 is 51.5. The van der Waals surface area contributed by atoms with Gasteiger partial charge in [0.2, 0.25) is 5.91 Å². The zero-order chi connectivity index (χ0) is 21.6. The third-order valence-corrected chi connectivity index (χ3v) is 4.63. The number of alkyl halides is 3. The number of hydrogen-bond donors (Lipinski definition) is 0. The van der Waals surface area contributed by atoms with Gasteiger partial charge < -0.3 is 9.80 Å². The first kappa shape index (κ1) is 23.1. The molecule has 0 spiro atoms. The van der Waals surface area contributed by atoms with Crippen LogP contribution in [-0.4, -0.2) is 78.5 Å². The summed E-state index contributed by atoms with van der Waals surface area (Å²) in [6, 6.07) is 5.29. The first-order valence-electron chi connectivity index (χ1n) is 9.67. The van der Waals surface area contributed by atoms with Gasteiger partial charge in [0.05, 0.1) is 6.54 Å². The maximum absolute atomic E-state index is 13.0. The van der Waals surface area contributed by atoms with Gasteiger partial charge in [-0.15, -0.1) is 0 Å². The van der Waals surface area contributed by atoms with E-state index < -0.39 is 24.4 Å². The van der Waals surface area contributed by atoms with E-state index in [-0.39, 0.29) is 24.9 Å². The number of benzene rings is 1. The molecule has 0 atom stereocenters. The first-order chi connectivity index (χ1) is 13.5. The van der Waals surface area contributed by atoms with E-state index in [0.29, 0.717) is 38.2 Å². The lowest BCUT2D eigenvalue weighted by molar-refractivity contribution is -0.162. The SMILES string of the molecule is CC(C)CN(CC(F)(F)F)C(=O)CN1CCCN(C(=O)c2ccc(F)cc2)CC1. The van der Waals surface area contributed by atoms with E-state index in [4.69, 9.17) is 0 Å². The maximum Gasteiger partial charge on any atom is 0.406 e. The van der Waals surface area contributed by atoms with Gasteiger partial charge in [-0.3, -0.25) is 14.5 Å². The second-order valence-corrected chi connectivity index (χ2v) is 7.71. The first-order valence-corrected chi connectivity index (χ1v) is 9.67. The Balaban J connectivity index is 1.94. The molecular weight excluding hydrogens is 390 g/mol. The Hall–Kier alpha value is -2.16. The minimum Gasteiger partial charge on any atom is -0.337 e. The molecule has 0 unspecified atom stereocenters. The zero-order valence-corrected chi connectivity index (χ0v) is 16.7. The van der Waals surface area contributed by atoms with Crippen molar-refractivity contribution in [2.45, 2.75) is 26.4 Å². The quantitative estimate of drug-likeness (QED) is 0.669. The second kappa shape index (κ2) is 10.0. The van der Waals surface area contributed by atoms with E-state index in [1.165, 1.54) is 24.3 Å². The van der Waals surface area contributed by atoms with Crippen molar-refractivity contribution in [1.29, 1.82) is 0 Å². The average Bonchev–Trinajstić information content (AvgIpc) is 2.85. The smallest absolute Gasteiger partial charge is 0.337 e. The van der Waals surface area contributed by atoms with Crippen LogP contribution in [0.3, 0.4) is 0 Å². The van der Waals surface area contributed by atoms with Gasteiger partial charge in [-0.1, -0.05) is 13.8 Å². The molecule has 0 aliphatic carbocycles. The molecule has 0 radical (unpaired) electrons. The molecule has 0 N–H and O–H groups in total.